The summed E-state index contributed by atoms with van der Waals surface area (Å²) in [6.45, 7) is 2.45. The van der Waals surface area contributed by atoms with E-state index in [1.54, 1.807) is 4.31 Å². The minimum absolute atomic E-state index is 0.122. The van der Waals surface area contributed by atoms with E-state index in [0.717, 1.165) is 25.1 Å². The van der Waals surface area contributed by atoms with Gasteiger partial charge in [0.1, 0.15) is 0 Å². The molecule has 0 aliphatic carbocycles. The molecule has 0 amide bonds. The quantitative estimate of drug-likeness (QED) is 0.881. The van der Waals surface area contributed by atoms with Gasteiger partial charge in [0.15, 0.2) is 0 Å². The summed E-state index contributed by atoms with van der Waals surface area (Å²) in [7, 11) is -3.17. The molecule has 18 heavy (non-hydrogen) atoms. The summed E-state index contributed by atoms with van der Waals surface area (Å²) in [4.78, 5) is 0. The summed E-state index contributed by atoms with van der Waals surface area (Å²) in [5.74, 6) is 0.632. The molecule has 98 valence electrons. The van der Waals surface area contributed by atoms with E-state index in [2.05, 4.69) is 5.32 Å². The van der Waals surface area contributed by atoms with Gasteiger partial charge in [-0.3, -0.25) is 0 Å². The fraction of sp³-hybridized carbons (Fsp3) is 0.538. The van der Waals surface area contributed by atoms with Crippen molar-refractivity contribution in [3.63, 3.8) is 0 Å². The normalized spacial score (nSPS) is 28.4. The lowest BCUT2D eigenvalue weighted by Crippen LogP contribution is -2.39. The van der Waals surface area contributed by atoms with Crippen LogP contribution in [0, 0.1) is 5.92 Å². The lowest BCUT2D eigenvalue weighted by molar-refractivity contribution is 0.382. The molecule has 3 rings (SSSR count). The van der Waals surface area contributed by atoms with E-state index >= 15 is 0 Å². The van der Waals surface area contributed by atoms with Gasteiger partial charge in [-0.2, -0.15) is 4.31 Å². The third-order valence-electron chi connectivity index (χ3n) is 3.94. The van der Waals surface area contributed by atoms with Crippen molar-refractivity contribution in [2.45, 2.75) is 18.2 Å². The highest BCUT2D eigenvalue weighted by molar-refractivity contribution is 7.88. The van der Waals surface area contributed by atoms with E-state index in [-0.39, 0.29) is 11.8 Å². The first kappa shape index (κ1) is 12.1. The third kappa shape index (κ3) is 2.18. The SMILES string of the molecule is O=S(=O)(Cc1ccccc1)N1CC[C@@H]2CNC[C@@H]21. The number of fused-ring (bicyclic) bond motifs is 1. The van der Waals surface area contributed by atoms with Gasteiger partial charge in [-0.05, 0) is 24.4 Å². The van der Waals surface area contributed by atoms with Crippen molar-refractivity contribution in [2.75, 3.05) is 19.6 Å². The standard InChI is InChI=1S/C13H18N2O2S/c16-18(17,10-11-4-2-1-3-5-11)15-7-6-12-8-14-9-13(12)15/h1-5,12-14H,6-10H2/t12-,13+/m1/s1. The topological polar surface area (TPSA) is 49.4 Å². The van der Waals surface area contributed by atoms with Gasteiger partial charge in [0.25, 0.3) is 0 Å². The molecule has 0 unspecified atom stereocenters. The first-order chi connectivity index (χ1) is 8.67. The highest BCUT2D eigenvalue weighted by Crippen LogP contribution is 2.30. The summed E-state index contributed by atoms with van der Waals surface area (Å²) >= 11 is 0. The maximum absolute atomic E-state index is 12.4. The van der Waals surface area contributed by atoms with Crippen molar-refractivity contribution in [3.8, 4) is 0 Å². The van der Waals surface area contributed by atoms with Gasteiger partial charge in [0.2, 0.25) is 10.0 Å². The summed E-state index contributed by atoms with van der Waals surface area (Å²) < 4.78 is 26.6. The van der Waals surface area contributed by atoms with E-state index in [1.807, 2.05) is 30.3 Å². The van der Waals surface area contributed by atoms with Gasteiger partial charge in [-0.1, -0.05) is 30.3 Å². The van der Waals surface area contributed by atoms with Crippen molar-refractivity contribution in [1.29, 1.82) is 0 Å². The summed E-state index contributed by atoms with van der Waals surface area (Å²) in [5.41, 5.74) is 0.868. The van der Waals surface area contributed by atoms with E-state index in [1.165, 1.54) is 0 Å². The first-order valence-electron chi connectivity index (χ1n) is 6.41. The second-order valence-electron chi connectivity index (χ2n) is 5.13. The van der Waals surface area contributed by atoms with E-state index in [0.29, 0.717) is 12.5 Å². The van der Waals surface area contributed by atoms with E-state index in [4.69, 9.17) is 0 Å². The van der Waals surface area contributed by atoms with Crippen LogP contribution < -0.4 is 5.32 Å². The number of nitrogens with zero attached hydrogens (tertiary/aromatic N) is 1. The predicted octanol–water partition coefficient (Wildman–Crippen LogP) is 0.810. The van der Waals surface area contributed by atoms with Gasteiger partial charge in [-0.25, -0.2) is 8.42 Å². The second-order valence-corrected chi connectivity index (χ2v) is 7.05. The van der Waals surface area contributed by atoms with Crippen LogP contribution in [0.25, 0.3) is 0 Å². The van der Waals surface area contributed by atoms with E-state index < -0.39 is 10.0 Å². The Morgan fingerprint density at radius 2 is 2.00 bits per heavy atom. The van der Waals surface area contributed by atoms with Crippen LogP contribution in [0.3, 0.4) is 0 Å². The first-order valence-corrected chi connectivity index (χ1v) is 8.02. The van der Waals surface area contributed by atoms with Gasteiger partial charge in [0, 0.05) is 19.1 Å². The van der Waals surface area contributed by atoms with Crippen LogP contribution >= 0.6 is 0 Å². The smallest absolute Gasteiger partial charge is 0.218 e. The summed E-state index contributed by atoms with van der Waals surface area (Å²) in [5, 5.41) is 3.28. The molecule has 2 aliphatic heterocycles. The molecule has 0 bridgehead atoms. The number of benzene rings is 1. The fourth-order valence-corrected chi connectivity index (χ4v) is 4.85. The molecule has 0 radical (unpaired) electrons. The third-order valence-corrected chi connectivity index (χ3v) is 5.81. The molecule has 5 heteroatoms. The van der Waals surface area contributed by atoms with Crippen LogP contribution in [-0.4, -0.2) is 38.4 Å². The molecule has 2 aliphatic rings. The van der Waals surface area contributed by atoms with Crippen LogP contribution in [0.5, 0.6) is 0 Å². The Kier molecular flexibility index (Phi) is 3.13. The van der Waals surface area contributed by atoms with Crippen molar-refractivity contribution in [1.82, 2.24) is 9.62 Å². The van der Waals surface area contributed by atoms with Gasteiger partial charge in [-0.15, -0.1) is 0 Å². The van der Waals surface area contributed by atoms with Crippen molar-refractivity contribution >= 4 is 10.0 Å². The Morgan fingerprint density at radius 1 is 1.22 bits per heavy atom. The Morgan fingerprint density at radius 3 is 2.78 bits per heavy atom. The number of hydrogen-bond donors (Lipinski definition) is 1. The van der Waals surface area contributed by atoms with E-state index in [9.17, 15) is 8.42 Å². The van der Waals surface area contributed by atoms with Crippen molar-refractivity contribution in [2.24, 2.45) is 5.92 Å². The van der Waals surface area contributed by atoms with Gasteiger partial charge >= 0.3 is 0 Å². The Bertz CT molecular complexity index is 515. The summed E-state index contributed by atoms with van der Waals surface area (Å²) in [6.07, 6.45) is 0.992. The van der Waals surface area contributed by atoms with Crippen LogP contribution in [0.2, 0.25) is 0 Å². The largest absolute Gasteiger partial charge is 0.315 e. The number of nitrogens with one attached hydrogen (secondary N) is 1. The second kappa shape index (κ2) is 4.64. The monoisotopic (exact) mass is 266 g/mol. The molecule has 0 spiro atoms. The lowest BCUT2D eigenvalue weighted by Gasteiger charge is -2.22. The zero-order valence-corrected chi connectivity index (χ0v) is 11.1. The van der Waals surface area contributed by atoms with Crippen LogP contribution in [0.15, 0.2) is 30.3 Å². The molecule has 2 saturated heterocycles. The molecule has 0 aromatic heterocycles. The summed E-state index contributed by atoms with van der Waals surface area (Å²) in [6, 6.07) is 9.60. The van der Waals surface area contributed by atoms with Gasteiger partial charge < -0.3 is 5.32 Å². The van der Waals surface area contributed by atoms with Crippen LogP contribution in [0.4, 0.5) is 0 Å². The van der Waals surface area contributed by atoms with Crippen LogP contribution in [-0.2, 0) is 15.8 Å². The molecule has 1 N–H and O–H groups in total. The average Bonchev–Trinajstić information content (AvgIpc) is 2.90. The highest BCUT2D eigenvalue weighted by Gasteiger charge is 2.42. The number of rotatable bonds is 3. The molecular formula is C13H18N2O2S. The van der Waals surface area contributed by atoms with Crippen LogP contribution in [0.1, 0.15) is 12.0 Å². The fourth-order valence-electron chi connectivity index (χ4n) is 3.02. The average molecular weight is 266 g/mol. The Labute approximate surface area is 108 Å². The number of hydrogen-bond acceptors (Lipinski definition) is 3. The van der Waals surface area contributed by atoms with Crippen molar-refractivity contribution in [3.05, 3.63) is 35.9 Å². The predicted molar refractivity (Wildman–Crippen MR) is 70.5 cm³/mol. The van der Waals surface area contributed by atoms with Crippen molar-refractivity contribution < 1.29 is 8.42 Å². The Balaban J connectivity index is 1.78. The molecule has 0 saturated carbocycles. The zero-order valence-electron chi connectivity index (χ0n) is 10.2. The minimum Gasteiger partial charge on any atom is -0.315 e. The molecule has 2 fully saturated rings. The molecular weight excluding hydrogens is 248 g/mol. The Hall–Kier alpha value is -0.910. The maximum Gasteiger partial charge on any atom is 0.218 e. The lowest BCUT2D eigenvalue weighted by atomic mass is 10.1. The zero-order chi connectivity index (χ0) is 12.6. The highest BCUT2D eigenvalue weighted by atomic mass is 32.2. The molecule has 2 atom stereocenters. The molecule has 1 aromatic carbocycles. The molecule has 1 aromatic rings. The minimum atomic E-state index is -3.17. The maximum atomic E-state index is 12.4. The molecule has 2 heterocycles. The number of sulfonamides is 1. The van der Waals surface area contributed by atoms with Gasteiger partial charge in [0.05, 0.1) is 5.75 Å². The molecule has 4 nitrogen and oxygen atoms in total.